The number of esters is 1. The van der Waals surface area contributed by atoms with Gasteiger partial charge in [0.15, 0.2) is 5.78 Å². The number of carbonyl (C=O) groups is 4. The van der Waals surface area contributed by atoms with Gasteiger partial charge in [0.25, 0.3) is 0 Å². The van der Waals surface area contributed by atoms with Gasteiger partial charge in [-0.25, -0.2) is 13.2 Å². The van der Waals surface area contributed by atoms with Crippen LogP contribution in [0.3, 0.4) is 0 Å². The number of hydrogen-bond donors (Lipinski definition) is 1. The Morgan fingerprint density at radius 2 is 1.30 bits per heavy atom. The summed E-state index contributed by atoms with van der Waals surface area (Å²) in [5, 5.41) is 2.20. The average Bonchev–Trinajstić information content (AvgIpc) is 2.63. The van der Waals surface area contributed by atoms with E-state index in [-0.39, 0.29) is 18.6 Å². The topological polar surface area (TPSA) is 89.5 Å². The predicted octanol–water partition coefficient (Wildman–Crippen LogP) is 2.12. The van der Waals surface area contributed by atoms with Crippen LogP contribution in [0.1, 0.15) is 32.6 Å². The second kappa shape index (κ2) is 9.74. The molecule has 0 atom stereocenters. The van der Waals surface area contributed by atoms with Crippen LogP contribution in [0.5, 0.6) is 5.75 Å². The van der Waals surface area contributed by atoms with Gasteiger partial charge < -0.3 is 14.8 Å². The number of halogens is 5. The highest BCUT2D eigenvalue weighted by molar-refractivity contribution is 5.89. The summed E-state index contributed by atoms with van der Waals surface area (Å²) in [4.78, 5) is 45.0. The zero-order valence-corrected chi connectivity index (χ0v) is 14.0. The molecule has 0 saturated heterocycles. The molecule has 6 nitrogen and oxygen atoms in total. The Bertz CT molecular complexity index is 752. The minimum atomic E-state index is -2.40. The lowest BCUT2D eigenvalue weighted by molar-refractivity contribution is -0.136. The maximum Gasteiger partial charge on any atom is 0.311 e. The second-order valence-electron chi connectivity index (χ2n) is 5.39. The molecule has 0 aliphatic heterocycles. The fraction of sp³-hybridized carbons (Fsp3) is 0.375. The van der Waals surface area contributed by atoms with Crippen LogP contribution in [-0.4, -0.2) is 30.0 Å². The Hall–Kier alpha value is -2.85. The lowest BCUT2D eigenvalue weighted by Crippen LogP contribution is -2.30. The Balaban J connectivity index is 2.54. The first kappa shape index (κ1) is 22.2. The summed E-state index contributed by atoms with van der Waals surface area (Å²) in [7, 11) is 0. The van der Waals surface area contributed by atoms with E-state index in [2.05, 4.69) is 10.1 Å². The molecular formula is C16H14F5NO5. The van der Waals surface area contributed by atoms with Gasteiger partial charge in [0.1, 0.15) is 5.78 Å². The quantitative estimate of drug-likeness (QED) is 0.228. The van der Waals surface area contributed by atoms with Crippen LogP contribution in [0, 0.1) is 29.1 Å². The maximum atomic E-state index is 13.4. The van der Waals surface area contributed by atoms with Crippen molar-refractivity contribution in [3.63, 3.8) is 0 Å². The van der Waals surface area contributed by atoms with Crippen molar-refractivity contribution >= 4 is 23.4 Å². The molecular weight excluding hydrogens is 381 g/mol. The number of hydrogen-bond acceptors (Lipinski definition) is 5. The van der Waals surface area contributed by atoms with E-state index in [0.717, 1.165) is 0 Å². The molecule has 148 valence electrons. The van der Waals surface area contributed by atoms with Crippen LogP contribution in [0.2, 0.25) is 0 Å². The van der Waals surface area contributed by atoms with Crippen molar-refractivity contribution in [3.8, 4) is 5.75 Å². The van der Waals surface area contributed by atoms with E-state index in [9.17, 15) is 41.1 Å². The molecule has 0 heterocycles. The molecule has 1 aromatic rings. The molecule has 0 aromatic heterocycles. The van der Waals surface area contributed by atoms with Gasteiger partial charge in [0.05, 0.1) is 13.0 Å². The third kappa shape index (κ3) is 6.42. The number of nitrogens with one attached hydrogen (secondary N) is 1. The maximum absolute atomic E-state index is 13.4. The van der Waals surface area contributed by atoms with Gasteiger partial charge in [-0.1, -0.05) is 0 Å². The predicted molar refractivity (Wildman–Crippen MR) is 79.0 cm³/mol. The van der Waals surface area contributed by atoms with E-state index in [4.69, 9.17) is 0 Å². The fourth-order valence-corrected chi connectivity index (χ4v) is 1.74. The minimum Gasteiger partial charge on any atom is -0.420 e. The molecule has 1 aromatic carbocycles. The van der Waals surface area contributed by atoms with E-state index in [1.54, 1.807) is 0 Å². The SMILES string of the molecule is CC(=O)CCC(=O)NCC(=O)CCC(=O)Oc1c(F)c(F)c(F)c(F)c1F. The Morgan fingerprint density at radius 1 is 0.778 bits per heavy atom. The zero-order valence-electron chi connectivity index (χ0n) is 14.0. The monoisotopic (exact) mass is 395 g/mol. The summed E-state index contributed by atoms with van der Waals surface area (Å²) >= 11 is 0. The van der Waals surface area contributed by atoms with Gasteiger partial charge >= 0.3 is 5.97 Å². The minimum absolute atomic E-state index is 0.00569. The standard InChI is InChI=1S/C16H14F5NO5/c1-7(23)2-4-9(25)22-6-8(24)3-5-10(26)27-16-14(20)12(18)11(17)13(19)15(16)21/h2-6H2,1H3,(H,22,25). The van der Waals surface area contributed by atoms with Gasteiger partial charge in [-0.05, 0) is 6.92 Å². The lowest BCUT2D eigenvalue weighted by Gasteiger charge is -2.09. The first-order chi connectivity index (χ1) is 12.5. The number of ether oxygens (including phenoxy) is 1. The molecule has 1 N–H and O–H groups in total. The van der Waals surface area contributed by atoms with Gasteiger partial charge in [-0.15, -0.1) is 0 Å². The molecule has 0 aliphatic carbocycles. The molecule has 0 fully saturated rings. The Labute approximate surface area is 149 Å². The van der Waals surface area contributed by atoms with Crippen molar-refractivity contribution in [1.82, 2.24) is 5.32 Å². The number of rotatable bonds is 9. The Kier molecular flexibility index (Phi) is 8.00. The first-order valence-electron chi connectivity index (χ1n) is 7.54. The third-order valence-corrected chi connectivity index (χ3v) is 3.18. The van der Waals surface area contributed by atoms with Crippen molar-refractivity contribution in [2.24, 2.45) is 0 Å². The van der Waals surface area contributed by atoms with E-state index in [1.807, 2.05) is 0 Å². The molecule has 0 saturated carbocycles. The van der Waals surface area contributed by atoms with Crippen LogP contribution in [0.25, 0.3) is 0 Å². The first-order valence-corrected chi connectivity index (χ1v) is 7.54. The molecule has 27 heavy (non-hydrogen) atoms. The highest BCUT2D eigenvalue weighted by Gasteiger charge is 2.28. The zero-order chi connectivity index (χ0) is 20.7. The van der Waals surface area contributed by atoms with Crippen molar-refractivity contribution in [2.75, 3.05) is 6.54 Å². The summed E-state index contributed by atoms with van der Waals surface area (Å²) in [6.45, 7) is 0.821. The van der Waals surface area contributed by atoms with Crippen molar-refractivity contribution in [1.29, 1.82) is 0 Å². The van der Waals surface area contributed by atoms with E-state index >= 15 is 0 Å². The number of amides is 1. The van der Waals surface area contributed by atoms with Crippen molar-refractivity contribution in [3.05, 3.63) is 29.1 Å². The third-order valence-electron chi connectivity index (χ3n) is 3.18. The lowest BCUT2D eigenvalue weighted by atomic mass is 10.2. The molecule has 1 rings (SSSR count). The van der Waals surface area contributed by atoms with E-state index in [0.29, 0.717) is 0 Å². The van der Waals surface area contributed by atoms with Crippen LogP contribution >= 0.6 is 0 Å². The van der Waals surface area contributed by atoms with Crippen LogP contribution < -0.4 is 10.1 Å². The average molecular weight is 395 g/mol. The Morgan fingerprint density at radius 3 is 1.81 bits per heavy atom. The summed E-state index contributed by atoms with van der Waals surface area (Å²) in [6, 6.07) is 0. The smallest absolute Gasteiger partial charge is 0.311 e. The van der Waals surface area contributed by atoms with E-state index < -0.39 is 71.9 Å². The van der Waals surface area contributed by atoms with E-state index in [1.165, 1.54) is 6.92 Å². The molecule has 0 aliphatic rings. The summed E-state index contributed by atoms with van der Waals surface area (Å²) in [5.41, 5.74) is 0. The van der Waals surface area contributed by atoms with Crippen molar-refractivity contribution < 1.29 is 45.9 Å². The molecule has 11 heteroatoms. The molecule has 1 amide bonds. The highest BCUT2D eigenvalue weighted by Crippen LogP contribution is 2.29. The number of ketones is 2. The molecule has 0 radical (unpaired) electrons. The number of benzene rings is 1. The van der Waals surface area contributed by atoms with Crippen LogP contribution in [0.4, 0.5) is 22.0 Å². The summed E-state index contributed by atoms with van der Waals surface area (Å²) in [5.74, 6) is -16.2. The number of Topliss-reactive ketones (excluding diaryl/α,β-unsaturated/α-hetero) is 2. The molecule has 0 unspecified atom stereocenters. The van der Waals surface area contributed by atoms with Crippen LogP contribution in [0.15, 0.2) is 0 Å². The fourth-order valence-electron chi connectivity index (χ4n) is 1.74. The summed E-state index contributed by atoms with van der Waals surface area (Å²) in [6.07, 6.45) is -1.36. The van der Waals surface area contributed by atoms with Gasteiger partial charge in [-0.3, -0.25) is 14.4 Å². The summed E-state index contributed by atoms with van der Waals surface area (Å²) < 4.78 is 69.7. The largest absolute Gasteiger partial charge is 0.420 e. The van der Waals surface area contributed by atoms with Crippen molar-refractivity contribution in [2.45, 2.75) is 32.6 Å². The molecule has 0 spiro atoms. The van der Waals surface area contributed by atoms with Gasteiger partial charge in [0, 0.05) is 19.3 Å². The van der Waals surface area contributed by atoms with Gasteiger partial charge in [-0.2, -0.15) is 8.78 Å². The van der Waals surface area contributed by atoms with Gasteiger partial charge in [0.2, 0.25) is 40.7 Å². The number of carbonyl (C=O) groups excluding carboxylic acids is 4. The van der Waals surface area contributed by atoms with Crippen LogP contribution in [-0.2, 0) is 19.2 Å². The molecule has 0 bridgehead atoms. The second-order valence-corrected chi connectivity index (χ2v) is 5.39. The normalized spacial score (nSPS) is 10.4. The highest BCUT2D eigenvalue weighted by atomic mass is 19.2.